The van der Waals surface area contributed by atoms with Crippen LogP contribution in [0.5, 0.6) is 0 Å². The second-order valence-corrected chi connectivity index (χ2v) is 4.91. The molecule has 3 rings (SSSR count). The summed E-state index contributed by atoms with van der Waals surface area (Å²) in [5.74, 6) is 0.552. The molecular weight excluding hydrogens is 214 g/mol. The zero-order valence-corrected chi connectivity index (χ0v) is 10.1. The van der Waals surface area contributed by atoms with E-state index in [4.69, 9.17) is 5.73 Å². The largest absolute Gasteiger partial charge is 0.385 e. The number of fused-ring (bicyclic) bond motifs is 1. The van der Waals surface area contributed by atoms with Crippen molar-refractivity contribution in [3.05, 3.63) is 11.8 Å². The molecule has 0 aromatic heterocycles. The molecule has 0 saturated carbocycles. The van der Waals surface area contributed by atoms with Crippen LogP contribution in [-0.4, -0.2) is 41.3 Å². The quantitative estimate of drug-likeness (QED) is 0.768. The third-order valence-electron chi connectivity index (χ3n) is 3.57. The molecule has 3 heterocycles. The van der Waals surface area contributed by atoms with Gasteiger partial charge in [0.25, 0.3) is 0 Å². The second-order valence-electron chi connectivity index (χ2n) is 4.91. The average molecular weight is 231 g/mol. The van der Waals surface area contributed by atoms with Gasteiger partial charge < -0.3 is 5.73 Å². The van der Waals surface area contributed by atoms with E-state index in [-0.39, 0.29) is 0 Å². The summed E-state index contributed by atoms with van der Waals surface area (Å²) in [7, 11) is 0. The van der Waals surface area contributed by atoms with Crippen LogP contribution < -0.4 is 5.73 Å². The lowest BCUT2D eigenvalue weighted by Crippen LogP contribution is -2.28. The van der Waals surface area contributed by atoms with Gasteiger partial charge in [-0.25, -0.2) is 0 Å². The Morgan fingerprint density at radius 3 is 3.12 bits per heavy atom. The van der Waals surface area contributed by atoms with E-state index in [0.717, 1.165) is 23.7 Å². The van der Waals surface area contributed by atoms with Gasteiger partial charge in [-0.2, -0.15) is 0 Å². The molecule has 5 heteroatoms. The molecule has 17 heavy (non-hydrogen) atoms. The standard InChI is InChI=1S/C12H17N5/c1-8-3-2-4-17(8)7-9-5-11-10(14-9)6-12(13)16-15-11/h5,8H,2-4,6-7H2,1H3,(H2,13,16)/t8-/m0/s1. The fourth-order valence-corrected chi connectivity index (χ4v) is 2.56. The van der Waals surface area contributed by atoms with E-state index in [9.17, 15) is 0 Å². The van der Waals surface area contributed by atoms with Gasteiger partial charge >= 0.3 is 0 Å². The maximum Gasteiger partial charge on any atom is 0.128 e. The summed E-state index contributed by atoms with van der Waals surface area (Å²) >= 11 is 0. The predicted molar refractivity (Wildman–Crippen MR) is 69.5 cm³/mol. The van der Waals surface area contributed by atoms with E-state index in [1.165, 1.54) is 19.4 Å². The van der Waals surface area contributed by atoms with Crippen LogP contribution in [0.1, 0.15) is 26.2 Å². The van der Waals surface area contributed by atoms with Crippen molar-refractivity contribution < 1.29 is 0 Å². The van der Waals surface area contributed by atoms with Gasteiger partial charge in [0.1, 0.15) is 11.5 Å². The van der Waals surface area contributed by atoms with Crippen LogP contribution in [0.4, 0.5) is 0 Å². The highest BCUT2D eigenvalue weighted by atomic mass is 15.3. The molecule has 3 aliphatic rings. The Hall–Kier alpha value is -1.49. The predicted octanol–water partition coefficient (Wildman–Crippen LogP) is 0.926. The number of nitrogens with zero attached hydrogens (tertiary/aromatic N) is 4. The summed E-state index contributed by atoms with van der Waals surface area (Å²) in [6.45, 7) is 4.37. The fourth-order valence-electron chi connectivity index (χ4n) is 2.56. The first-order valence-electron chi connectivity index (χ1n) is 6.15. The molecule has 0 radical (unpaired) electrons. The van der Waals surface area contributed by atoms with Gasteiger partial charge in [-0.15, -0.1) is 10.2 Å². The van der Waals surface area contributed by atoms with Gasteiger partial charge in [0.05, 0.1) is 17.8 Å². The minimum atomic E-state index is 0.552. The van der Waals surface area contributed by atoms with E-state index in [0.29, 0.717) is 18.3 Å². The number of hydrogen-bond acceptors (Lipinski definition) is 5. The van der Waals surface area contributed by atoms with Crippen LogP contribution in [0, 0.1) is 0 Å². The van der Waals surface area contributed by atoms with Crippen molar-refractivity contribution in [2.24, 2.45) is 20.9 Å². The zero-order chi connectivity index (χ0) is 11.8. The molecule has 0 spiro atoms. The molecular formula is C12H17N5. The summed E-state index contributed by atoms with van der Waals surface area (Å²) in [6.07, 6.45) is 5.26. The monoisotopic (exact) mass is 231 g/mol. The van der Waals surface area contributed by atoms with Gasteiger partial charge in [0.2, 0.25) is 0 Å². The number of rotatable bonds is 2. The Bertz CT molecular complexity index is 458. The van der Waals surface area contributed by atoms with E-state index in [2.05, 4.69) is 27.0 Å². The number of nitrogens with two attached hydrogens (primary N) is 1. The zero-order valence-electron chi connectivity index (χ0n) is 10.1. The second kappa shape index (κ2) is 4.07. The van der Waals surface area contributed by atoms with Crippen LogP contribution >= 0.6 is 0 Å². The molecule has 1 atom stereocenters. The average Bonchev–Trinajstić information content (AvgIpc) is 2.85. The van der Waals surface area contributed by atoms with Gasteiger partial charge in [-0.05, 0) is 32.4 Å². The Balaban J connectivity index is 1.72. The Morgan fingerprint density at radius 2 is 2.35 bits per heavy atom. The number of likely N-dealkylation sites (tertiary alicyclic amines) is 1. The van der Waals surface area contributed by atoms with Gasteiger partial charge in [-0.1, -0.05) is 0 Å². The minimum absolute atomic E-state index is 0.552. The summed E-state index contributed by atoms with van der Waals surface area (Å²) in [6, 6.07) is 0.669. The fraction of sp³-hybridized carbons (Fsp3) is 0.583. The lowest BCUT2D eigenvalue weighted by atomic mass is 10.1. The first kappa shape index (κ1) is 10.7. The van der Waals surface area contributed by atoms with E-state index >= 15 is 0 Å². The first-order chi connectivity index (χ1) is 8.22. The van der Waals surface area contributed by atoms with E-state index in [1.807, 2.05) is 6.08 Å². The number of hydrogen-bond donors (Lipinski definition) is 1. The van der Waals surface area contributed by atoms with Crippen molar-refractivity contribution in [2.75, 3.05) is 13.1 Å². The molecule has 1 fully saturated rings. The van der Waals surface area contributed by atoms with Gasteiger partial charge in [-0.3, -0.25) is 9.89 Å². The molecule has 0 unspecified atom stereocenters. The number of amidine groups is 1. The topological polar surface area (TPSA) is 66.3 Å². The van der Waals surface area contributed by atoms with Crippen molar-refractivity contribution in [1.29, 1.82) is 0 Å². The minimum Gasteiger partial charge on any atom is -0.385 e. The smallest absolute Gasteiger partial charge is 0.128 e. The number of allylic oxidation sites excluding steroid dienone is 1. The highest BCUT2D eigenvalue weighted by Gasteiger charge is 2.25. The van der Waals surface area contributed by atoms with Crippen molar-refractivity contribution in [3.63, 3.8) is 0 Å². The summed E-state index contributed by atoms with van der Waals surface area (Å²) in [5, 5.41) is 7.97. The third kappa shape index (κ3) is 2.02. The molecule has 0 amide bonds. The maximum absolute atomic E-state index is 5.65. The molecule has 2 N–H and O–H groups in total. The molecule has 0 aromatic carbocycles. The SMILES string of the molecule is C[C@H]1CCCN1CC1=CC2=NN=C(N)CC2=N1. The van der Waals surface area contributed by atoms with Gasteiger partial charge in [0.15, 0.2) is 0 Å². The lowest BCUT2D eigenvalue weighted by molar-refractivity contribution is 0.291. The molecule has 90 valence electrons. The molecule has 0 aliphatic carbocycles. The van der Waals surface area contributed by atoms with Crippen LogP contribution in [0.15, 0.2) is 27.0 Å². The Morgan fingerprint density at radius 1 is 1.47 bits per heavy atom. The molecule has 0 bridgehead atoms. The maximum atomic E-state index is 5.65. The van der Waals surface area contributed by atoms with Crippen LogP contribution in [0.2, 0.25) is 0 Å². The Labute approximate surface area is 101 Å². The lowest BCUT2D eigenvalue weighted by Gasteiger charge is -2.20. The summed E-state index contributed by atoms with van der Waals surface area (Å²) < 4.78 is 0. The summed E-state index contributed by atoms with van der Waals surface area (Å²) in [4.78, 5) is 7.07. The van der Waals surface area contributed by atoms with Crippen molar-refractivity contribution in [1.82, 2.24) is 4.90 Å². The third-order valence-corrected chi connectivity index (χ3v) is 3.57. The Kier molecular flexibility index (Phi) is 2.55. The molecule has 5 nitrogen and oxygen atoms in total. The van der Waals surface area contributed by atoms with Gasteiger partial charge in [0, 0.05) is 12.6 Å². The van der Waals surface area contributed by atoms with Crippen LogP contribution in [0.25, 0.3) is 0 Å². The van der Waals surface area contributed by atoms with Crippen LogP contribution in [0.3, 0.4) is 0 Å². The highest BCUT2D eigenvalue weighted by molar-refractivity contribution is 6.51. The number of aliphatic imine (C=N–C) groups is 1. The first-order valence-corrected chi connectivity index (χ1v) is 6.15. The van der Waals surface area contributed by atoms with Crippen molar-refractivity contribution in [3.8, 4) is 0 Å². The highest BCUT2D eigenvalue weighted by Crippen LogP contribution is 2.21. The normalized spacial score (nSPS) is 28.4. The van der Waals surface area contributed by atoms with Crippen molar-refractivity contribution >= 4 is 17.3 Å². The van der Waals surface area contributed by atoms with Crippen LogP contribution in [-0.2, 0) is 0 Å². The summed E-state index contributed by atoms with van der Waals surface area (Å²) in [5.41, 5.74) is 8.61. The van der Waals surface area contributed by atoms with E-state index in [1.54, 1.807) is 0 Å². The van der Waals surface area contributed by atoms with Crippen molar-refractivity contribution in [2.45, 2.75) is 32.2 Å². The van der Waals surface area contributed by atoms with E-state index < -0.39 is 0 Å². The molecule has 1 saturated heterocycles. The molecule has 3 aliphatic heterocycles. The molecule has 0 aromatic rings.